The zero-order valence-corrected chi connectivity index (χ0v) is 12.6. The van der Waals surface area contributed by atoms with Crippen molar-refractivity contribution in [2.45, 2.75) is 32.4 Å². The standard InChI is InChI=1S/C15H22N2O4/c1-15(2,8-9-21-3)17-14(20)16-10-11-4-6-12(7-5-11)13(18)19/h4-7H,8-10H2,1-3H3,(H,18,19)(H2,16,17,20). The second-order valence-corrected chi connectivity index (χ2v) is 5.44. The highest BCUT2D eigenvalue weighted by atomic mass is 16.5. The summed E-state index contributed by atoms with van der Waals surface area (Å²) < 4.78 is 5.00. The molecule has 0 aliphatic heterocycles. The first-order valence-corrected chi connectivity index (χ1v) is 6.71. The molecule has 1 rings (SSSR count). The minimum atomic E-state index is -0.966. The van der Waals surface area contributed by atoms with Crippen LogP contribution in [0.25, 0.3) is 0 Å². The molecule has 0 saturated carbocycles. The summed E-state index contributed by atoms with van der Waals surface area (Å²) in [6.45, 7) is 4.76. The van der Waals surface area contributed by atoms with Crippen LogP contribution >= 0.6 is 0 Å². The van der Waals surface area contributed by atoms with Crippen molar-refractivity contribution in [1.82, 2.24) is 10.6 Å². The average Bonchev–Trinajstić information content (AvgIpc) is 2.43. The number of amides is 2. The number of nitrogens with one attached hydrogen (secondary N) is 2. The lowest BCUT2D eigenvalue weighted by Crippen LogP contribution is -2.48. The van der Waals surface area contributed by atoms with Gasteiger partial charge in [-0.25, -0.2) is 9.59 Å². The third-order valence-corrected chi connectivity index (χ3v) is 3.04. The first-order valence-electron chi connectivity index (χ1n) is 6.71. The van der Waals surface area contributed by atoms with Gasteiger partial charge in [-0.05, 0) is 38.0 Å². The summed E-state index contributed by atoms with van der Waals surface area (Å²) in [5.41, 5.74) is 0.710. The molecule has 0 bridgehead atoms. The van der Waals surface area contributed by atoms with Gasteiger partial charge in [-0.15, -0.1) is 0 Å². The number of hydrogen-bond acceptors (Lipinski definition) is 3. The quantitative estimate of drug-likeness (QED) is 0.717. The van der Waals surface area contributed by atoms with E-state index in [0.29, 0.717) is 19.6 Å². The van der Waals surface area contributed by atoms with E-state index in [9.17, 15) is 9.59 Å². The van der Waals surface area contributed by atoms with Crippen molar-refractivity contribution in [3.8, 4) is 0 Å². The van der Waals surface area contributed by atoms with Gasteiger partial charge in [0.2, 0.25) is 0 Å². The molecule has 0 saturated heterocycles. The highest BCUT2D eigenvalue weighted by Crippen LogP contribution is 2.08. The van der Waals surface area contributed by atoms with Gasteiger partial charge in [0.1, 0.15) is 0 Å². The third-order valence-electron chi connectivity index (χ3n) is 3.04. The number of carbonyl (C=O) groups excluding carboxylic acids is 1. The zero-order chi connectivity index (χ0) is 15.9. The van der Waals surface area contributed by atoms with E-state index in [1.807, 2.05) is 13.8 Å². The fourth-order valence-electron chi connectivity index (χ4n) is 1.72. The molecule has 21 heavy (non-hydrogen) atoms. The molecule has 0 atom stereocenters. The first kappa shape index (κ1) is 17.0. The fraction of sp³-hybridized carbons (Fsp3) is 0.467. The molecule has 0 heterocycles. The summed E-state index contributed by atoms with van der Waals surface area (Å²) in [6, 6.07) is 6.12. The molecule has 0 spiro atoms. The van der Waals surface area contributed by atoms with Crippen molar-refractivity contribution in [3.63, 3.8) is 0 Å². The summed E-state index contributed by atoms with van der Waals surface area (Å²) >= 11 is 0. The molecule has 1 aromatic rings. The molecule has 0 aromatic heterocycles. The van der Waals surface area contributed by atoms with Crippen LogP contribution < -0.4 is 10.6 Å². The molecular formula is C15H22N2O4. The number of carbonyl (C=O) groups is 2. The Morgan fingerprint density at radius 1 is 1.24 bits per heavy atom. The summed E-state index contributed by atoms with van der Waals surface area (Å²) in [6.07, 6.45) is 0.713. The minimum Gasteiger partial charge on any atom is -0.478 e. The number of urea groups is 1. The second-order valence-electron chi connectivity index (χ2n) is 5.44. The van der Waals surface area contributed by atoms with Crippen LogP contribution in [0.1, 0.15) is 36.2 Å². The Bertz CT molecular complexity index is 483. The number of ether oxygens (including phenoxy) is 1. The topological polar surface area (TPSA) is 87.7 Å². The SMILES string of the molecule is COCCC(C)(C)NC(=O)NCc1ccc(C(=O)O)cc1. The van der Waals surface area contributed by atoms with Crippen LogP contribution in [-0.2, 0) is 11.3 Å². The fourth-order valence-corrected chi connectivity index (χ4v) is 1.72. The van der Waals surface area contributed by atoms with E-state index >= 15 is 0 Å². The van der Waals surface area contributed by atoms with Crippen LogP contribution in [0.15, 0.2) is 24.3 Å². The molecule has 0 unspecified atom stereocenters. The lowest BCUT2D eigenvalue weighted by molar-refractivity contribution is 0.0697. The summed E-state index contributed by atoms with van der Waals surface area (Å²) in [7, 11) is 1.62. The van der Waals surface area contributed by atoms with Gasteiger partial charge in [-0.2, -0.15) is 0 Å². The molecule has 0 radical (unpaired) electrons. The van der Waals surface area contributed by atoms with Crippen molar-refractivity contribution in [2.75, 3.05) is 13.7 Å². The van der Waals surface area contributed by atoms with Crippen LogP contribution in [0.5, 0.6) is 0 Å². The Hall–Kier alpha value is -2.08. The van der Waals surface area contributed by atoms with Gasteiger partial charge in [-0.3, -0.25) is 0 Å². The smallest absolute Gasteiger partial charge is 0.335 e. The van der Waals surface area contributed by atoms with Crippen LogP contribution in [0.4, 0.5) is 4.79 Å². The lowest BCUT2D eigenvalue weighted by Gasteiger charge is -2.26. The molecular weight excluding hydrogens is 272 g/mol. The molecule has 1 aromatic carbocycles. The molecule has 3 N–H and O–H groups in total. The zero-order valence-electron chi connectivity index (χ0n) is 12.6. The lowest BCUT2D eigenvalue weighted by atomic mass is 10.0. The highest BCUT2D eigenvalue weighted by Gasteiger charge is 2.19. The summed E-state index contributed by atoms with van der Waals surface area (Å²) in [4.78, 5) is 22.5. The highest BCUT2D eigenvalue weighted by molar-refractivity contribution is 5.87. The number of carboxylic acids is 1. The van der Waals surface area contributed by atoms with Gasteiger partial charge in [0.15, 0.2) is 0 Å². The molecule has 2 amide bonds. The molecule has 116 valence electrons. The van der Waals surface area contributed by atoms with E-state index in [4.69, 9.17) is 9.84 Å². The van der Waals surface area contributed by atoms with Crippen molar-refractivity contribution < 1.29 is 19.4 Å². The largest absolute Gasteiger partial charge is 0.478 e. The van der Waals surface area contributed by atoms with Crippen LogP contribution in [0, 0.1) is 0 Å². The third kappa shape index (κ3) is 6.27. The van der Waals surface area contributed by atoms with E-state index in [-0.39, 0.29) is 17.1 Å². The molecule has 6 nitrogen and oxygen atoms in total. The number of benzene rings is 1. The number of rotatable bonds is 7. The minimum absolute atomic E-state index is 0.226. The van der Waals surface area contributed by atoms with Crippen molar-refractivity contribution in [1.29, 1.82) is 0 Å². The Morgan fingerprint density at radius 2 is 1.86 bits per heavy atom. The monoisotopic (exact) mass is 294 g/mol. The van der Waals surface area contributed by atoms with E-state index in [1.165, 1.54) is 12.1 Å². The van der Waals surface area contributed by atoms with Gasteiger partial charge in [-0.1, -0.05) is 12.1 Å². The second kappa shape index (κ2) is 7.64. The van der Waals surface area contributed by atoms with E-state index in [1.54, 1.807) is 19.2 Å². The van der Waals surface area contributed by atoms with Crippen LogP contribution in [-0.4, -0.2) is 36.4 Å². The maximum atomic E-state index is 11.8. The molecule has 0 aliphatic carbocycles. The maximum absolute atomic E-state index is 11.8. The average molecular weight is 294 g/mol. The molecule has 0 aliphatic rings. The predicted molar refractivity (Wildman–Crippen MR) is 79.3 cm³/mol. The summed E-state index contributed by atoms with van der Waals surface area (Å²) in [5.74, 6) is -0.966. The van der Waals surface area contributed by atoms with Gasteiger partial charge in [0.25, 0.3) is 0 Å². The Morgan fingerprint density at radius 3 is 2.38 bits per heavy atom. The Balaban J connectivity index is 2.44. The van der Waals surface area contributed by atoms with Crippen LogP contribution in [0.3, 0.4) is 0 Å². The van der Waals surface area contributed by atoms with E-state index in [2.05, 4.69) is 10.6 Å². The van der Waals surface area contributed by atoms with Gasteiger partial charge in [0, 0.05) is 25.8 Å². The number of hydrogen-bond donors (Lipinski definition) is 3. The van der Waals surface area contributed by atoms with Gasteiger partial charge < -0.3 is 20.5 Å². The Labute approximate surface area is 124 Å². The van der Waals surface area contributed by atoms with E-state index in [0.717, 1.165) is 5.56 Å². The van der Waals surface area contributed by atoms with Crippen molar-refractivity contribution >= 4 is 12.0 Å². The first-order chi connectivity index (χ1) is 9.84. The van der Waals surface area contributed by atoms with Crippen LogP contribution in [0.2, 0.25) is 0 Å². The van der Waals surface area contributed by atoms with Gasteiger partial charge in [0.05, 0.1) is 5.56 Å². The van der Waals surface area contributed by atoms with Crippen molar-refractivity contribution in [2.24, 2.45) is 0 Å². The molecule has 6 heteroatoms. The Kier molecular flexibility index (Phi) is 6.17. The number of carboxylic acid groups (broad SMARTS) is 1. The predicted octanol–water partition coefficient (Wildman–Crippen LogP) is 2.00. The summed E-state index contributed by atoms with van der Waals surface area (Å²) in [5, 5.41) is 14.4. The normalized spacial score (nSPS) is 11.0. The van der Waals surface area contributed by atoms with Gasteiger partial charge >= 0.3 is 12.0 Å². The number of methoxy groups -OCH3 is 1. The van der Waals surface area contributed by atoms with E-state index < -0.39 is 5.97 Å². The van der Waals surface area contributed by atoms with Crippen molar-refractivity contribution in [3.05, 3.63) is 35.4 Å². The maximum Gasteiger partial charge on any atom is 0.335 e. The number of aromatic carboxylic acids is 1. The molecule has 0 fully saturated rings.